The zero-order valence-corrected chi connectivity index (χ0v) is 24.9. The Hall–Kier alpha value is -2.78. The van der Waals surface area contributed by atoms with Crippen LogP contribution < -0.4 is 14.4 Å². The SMILES string of the molecule is CCC(C(=O)NC1CCCC1)N(Cc1ccc(C)cc1)C(=O)CCCN(c1ccc(OC)c(Cl)c1)S(C)(=O)=O. The van der Waals surface area contributed by atoms with Gasteiger partial charge in [0.25, 0.3) is 0 Å². The van der Waals surface area contributed by atoms with Gasteiger partial charge >= 0.3 is 0 Å². The number of nitrogens with zero attached hydrogens (tertiary/aromatic N) is 2. The average molecular weight is 578 g/mol. The number of hydrogen-bond donors (Lipinski definition) is 1. The Balaban J connectivity index is 1.76. The van der Waals surface area contributed by atoms with Crippen LogP contribution in [0.25, 0.3) is 0 Å². The Kier molecular flexibility index (Phi) is 11.1. The van der Waals surface area contributed by atoms with E-state index in [0.717, 1.165) is 43.1 Å². The number of rotatable bonds is 13. The zero-order chi connectivity index (χ0) is 28.6. The highest BCUT2D eigenvalue weighted by atomic mass is 35.5. The zero-order valence-electron chi connectivity index (χ0n) is 23.3. The van der Waals surface area contributed by atoms with E-state index < -0.39 is 16.1 Å². The first-order chi connectivity index (χ1) is 18.5. The fourth-order valence-electron chi connectivity index (χ4n) is 4.99. The molecule has 0 bridgehead atoms. The maximum atomic E-state index is 13.6. The lowest BCUT2D eigenvalue weighted by molar-refractivity contribution is -0.141. The van der Waals surface area contributed by atoms with Gasteiger partial charge in [-0.15, -0.1) is 0 Å². The maximum absolute atomic E-state index is 13.6. The van der Waals surface area contributed by atoms with E-state index in [9.17, 15) is 18.0 Å². The third-order valence-corrected chi connectivity index (χ3v) is 8.63. The summed E-state index contributed by atoms with van der Waals surface area (Å²) in [6.45, 7) is 4.31. The van der Waals surface area contributed by atoms with Gasteiger partial charge in [0, 0.05) is 25.6 Å². The molecule has 0 aromatic heterocycles. The number of aryl methyl sites for hydroxylation is 1. The molecule has 0 aliphatic heterocycles. The van der Waals surface area contributed by atoms with Gasteiger partial charge in [-0.05, 0) is 56.4 Å². The number of methoxy groups -OCH3 is 1. The number of sulfonamides is 1. The van der Waals surface area contributed by atoms with Crippen molar-refractivity contribution >= 4 is 39.1 Å². The van der Waals surface area contributed by atoms with E-state index in [1.54, 1.807) is 17.0 Å². The molecule has 39 heavy (non-hydrogen) atoms. The molecule has 10 heteroatoms. The van der Waals surface area contributed by atoms with E-state index in [0.29, 0.717) is 29.4 Å². The Morgan fingerprint density at radius 2 is 1.79 bits per heavy atom. The van der Waals surface area contributed by atoms with Crippen LogP contribution in [0.5, 0.6) is 5.75 Å². The molecule has 8 nitrogen and oxygen atoms in total. The minimum atomic E-state index is -3.63. The smallest absolute Gasteiger partial charge is 0.243 e. The van der Waals surface area contributed by atoms with Crippen molar-refractivity contribution in [2.45, 2.75) is 77.4 Å². The Labute approximate surface area is 237 Å². The second kappa shape index (κ2) is 14.0. The largest absolute Gasteiger partial charge is 0.495 e. The number of ether oxygens (including phenoxy) is 1. The summed E-state index contributed by atoms with van der Waals surface area (Å²) in [5, 5.41) is 3.44. The highest BCUT2D eigenvalue weighted by molar-refractivity contribution is 7.92. The molecule has 1 aliphatic rings. The third-order valence-electron chi connectivity index (χ3n) is 7.14. The number of halogens is 1. The maximum Gasteiger partial charge on any atom is 0.243 e. The van der Waals surface area contributed by atoms with Gasteiger partial charge < -0.3 is 15.0 Å². The van der Waals surface area contributed by atoms with Crippen molar-refractivity contribution < 1.29 is 22.7 Å². The lowest BCUT2D eigenvalue weighted by Gasteiger charge is -2.32. The summed E-state index contributed by atoms with van der Waals surface area (Å²) in [6, 6.07) is 12.2. The first-order valence-electron chi connectivity index (χ1n) is 13.5. The summed E-state index contributed by atoms with van der Waals surface area (Å²) in [5.74, 6) is 0.123. The number of carbonyl (C=O) groups is 2. The number of benzene rings is 2. The van der Waals surface area contributed by atoms with E-state index >= 15 is 0 Å². The summed E-state index contributed by atoms with van der Waals surface area (Å²) in [6.07, 6.45) is 6.10. The van der Waals surface area contributed by atoms with Crippen LogP contribution in [0, 0.1) is 6.92 Å². The highest BCUT2D eigenvalue weighted by Crippen LogP contribution is 2.30. The molecular formula is C29H40ClN3O5S. The van der Waals surface area contributed by atoms with E-state index in [2.05, 4.69) is 5.32 Å². The second-order valence-electron chi connectivity index (χ2n) is 10.2. The van der Waals surface area contributed by atoms with Crippen LogP contribution in [0.4, 0.5) is 5.69 Å². The summed E-state index contributed by atoms with van der Waals surface area (Å²) in [4.78, 5) is 28.5. The van der Waals surface area contributed by atoms with Gasteiger partial charge in [-0.3, -0.25) is 13.9 Å². The van der Waals surface area contributed by atoms with Crippen LogP contribution in [0.15, 0.2) is 42.5 Å². The average Bonchev–Trinajstić information content (AvgIpc) is 3.39. The second-order valence-corrected chi connectivity index (χ2v) is 12.5. The number of hydrogen-bond acceptors (Lipinski definition) is 5. The van der Waals surface area contributed by atoms with Gasteiger partial charge in [-0.25, -0.2) is 8.42 Å². The van der Waals surface area contributed by atoms with E-state index in [1.807, 2.05) is 38.1 Å². The molecule has 1 saturated carbocycles. The highest BCUT2D eigenvalue weighted by Gasteiger charge is 2.30. The van der Waals surface area contributed by atoms with Crippen molar-refractivity contribution in [3.8, 4) is 5.75 Å². The van der Waals surface area contributed by atoms with Gasteiger partial charge in [-0.2, -0.15) is 0 Å². The van der Waals surface area contributed by atoms with Crippen molar-refractivity contribution in [1.29, 1.82) is 0 Å². The van der Waals surface area contributed by atoms with Gasteiger partial charge in [-0.1, -0.05) is 61.2 Å². The molecule has 2 amide bonds. The lowest BCUT2D eigenvalue weighted by atomic mass is 10.1. The molecule has 0 spiro atoms. The van der Waals surface area contributed by atoms with Crippen LogP contribution >= 0.6 is 11.6 Å². The van der Waals surface area contributed by atoms with Crippen LogP contribution in [-0.2, 0) is 26.2 Å². The van der Waals surface area contributed by atoms with Crippen LogP contribution in [0.1, 0.15) is 63.0 Å². The first kappa shape index (κ1) is 30.8. The summed E-state index contributed by atoms with van der Waals surface area (Å²) in [5.41, 5.74) is 2.45. The standard InChI is InChI=1S/C29H40ClN3O5S/c1-5-26(29(35)31-23-9-6-7-10-23)32(20-22-14-12-21(2)13-15-22)28(34)11-8-18-33(39(4,36)37)24-16-17-27(38-3)25(30)19-24/h12-17,19,23,26H,5-11,18,20H2,1-4H3,(H,31,35). The summed E-state index contributed by atoms with van der Waals surface area (Å²) < 4.78 is 31.6. The van der Waals surface area contributed by atoms with E-state index in [1.165, 1.54) is 17.5 Å². The normalized spacial score (nSPS) is 14.6. The summed E-state index contributed by atoms with van der Waals surface area (Å²) in [7, 11) is -2.14. The topological polar surface area (TPSA) is 96.0 Å². The van der Waals surface area contributed by atoms with E-state index in [-0.39, 0.29) is 37.2 Å². The summed E-state index contributed by atoms with van der Waals surface area (Å²) >= 11 is 6.23. The lowest BCUT2D eigenvalue weighted by Crippen LogP contribution is -2.51. The molecule has 1 atom stereocenters. The predicted octanol–water partition coefficient (Wildman–Crippen LogP) is 5.07. The van der Waals surface area contributed by atoms with Crippen molar-refractivity contribution in [3.05, 3.63) is 58.6 Å². The Morgan fingerprint density at radius 1 is 1.13 bits per heavy atom. The number of amides is 2. The van der Waals surface area contributed by atoms with E-state index in [4.69, 9.17) is 16.3 Å². The van der Waals surface area contributed by atoms with Crippen LogP contribution in [0.3, 0.4) is 0 Å². The van der Waals surface area contributed by atoms with Crippen LogP contribution in [-0.4, -0.2) is 57.1 Å². The van der Waals surface area contributed by atoms with Crippen molar-refractivity contribution in [2.75, 3.05) is 24.2 Å². The molecule has 1 fully saturated rings. The molecule has 1 aliphatic carbocycles. The van der Waals surface area contributed by atoms with Gasteiger partial charge in [0.05, 0.1) is 24.1 Å². The third kappa shape index (κ3) is 8.60. The minimum Gasteiger partial charge on any atom is -0.495 e. The first-order valence-corrected chi connectivity index (χ1v) is 15.7. The van der Waals surface area contributed by atoms with Crippen molar-refractivity contribution in [2.24, 2.45) is 0 Å². The minimum absolute atomic E-state index is 0.0922. The Bertz CT molecular complexity index is 1230. The molecule has 0 saturated heterocycles. The monoisotopic (exact) mass is 577 g/mol. The number of nitrogens with one attached hydrogen (secondary N) is 1. The van der Waals surface area contributed by atoms with Crippen molar-refractivity contribution in [1.82, 2.24) is 10.2 Å². The predicted molar refractivity (Wildman–Crippen MR) is 156 cm³/mol. The number of carbonyl (C=O) groups excluding carboxylic acids is 2. The molecule has 1 N–H and O–H groups in total. The fraction of sp³-hybridized carbons (Fsp3) is 0.517. The molecule has 0 radical (unpaired) electrons. The fourth-order valence-corrected chi connectivity index (χ4v) is 6.20. The quantitative estimate of drug-likeness (QED) is 0.358. The molecule has 1 unspecified atom stereocenters. The molecule has 0 heterocycles. The number of anilines is 1. The molecule has 3 rings (SSSR count). The van der Waals surface area contributed by atoms with Gasteiger partial charge in [0.2, 0.25) is 21.8 Å². The van der Waals surface area contributed by atoms with Gasteiger partial charge in [0.1, 0.15) is 11.8 Å². The van der Waals surface area contributed by atoms with Gasteiger partial charge in [0.15, 0.2) is 0 Å². The Morgan fingerprint density at radius 3 is 2.36 bits per heavy atom. The molecule has 2 aromatic carbocycles. The molecular weight excluding hydrogens is 538 g/mol. The molecule has 214 valence electrons. The van der Waals surface area contributed by atoms with Crippen LogP contribution in [0.2, 0.25) is 5.02 Å². The molecule has 2 aromatic rings. The van der Waals surface area contributed by atoms with Crippen molar-refractivity contribution in [3.63, 3.8) is 0 Å².